The van der Waals surface area contributed by atoms with Crippen molar-refractivity contribution in [3.05, 3.63) is 71.3 Å². The van der Waals surface area contributed by atoms with Gasteiger partial charge in [-0.25, -0.2) is 0 Å². The van der Waals surface area contributed by atoms with Gasteiger partial charge in [-0.15, -0.1) is 0 Å². The van der Waals surface area contributed by atoms with Gasteiger partial charge in [0.15, 0.2) is 5.96 Å². The molecule has 1 aliphatic heterocycles. The average molecular weight is 395 g/mol. The van der Waals surface area contributed by atoms with Crippen molar-refractivity contribution in [2.45, 2.75) is 19.1 Å². The molecule has 0 spiro atoms. The smallest absolute Gasteiger partial charge is 0.253 e. The Morgan fingerprint density at radius 3 is 2.48 bits per heavy atom. The monoisotopic (exact) mass is 394 g/mol. The van der Waals surface area contributed by atoms with Gasteiger partial charge in [0.25, 0.3) is 5.91 Å². The molecular formula is C23H30N4O2. The van der Waals surface area contributed by atoms with E-state index in [0.717, 1.165) is 31.1 Å². The van der Waals surface area contributed by atoms with Crippen LogP contribution in [0.4, 0.5) is 0 Å². The summed E-state index contributed by atoms with van der Waals surface area (Å²) in [5.41, 5.74) is 3.01. The minimum Gasteiger partial charge on any atom is -0.373 e. The molecule has 2 aromatic carbocycles. The predicted molar refractivity (Wildman–Crippen MR) is 116 cm³/mol. The lowest BCUT2D eigenvalue weighted by molar-refractivity contribution is 0.0827. The minimum atomic E-state index is 0.00809. The zero-order valence-electron chi connectivity index (χ0n) is 17.4. The summed E-state index contributed by atoms with van der Waals surface area (Å²) in [5, 5.41) is 6.76. The Morgan fingerprint density at radius 1 is 1.10 bits per heavy atom. The van der Waals surface area contributed by atoms with Crippen LogP contribution in [0.1, 0.15) is 34.0 Å². The van der Waals surface area contributed by atoms with Gasteiger partial charge in [-0.1, -0.05) is 42.5 Å². The molecule has 29 heavy (non-hydrogen) atoms. The number of amides is 1. The largest absolute Gasteiger partial charge is 0.373 e. The van der Waals surface area contributed by atoms with E-state index >= 15 is 0 Å². The van der Waals surface area contributed by atoms with Crippen LogP contribution in [0.25, 0.3) is 0 Å². The van der Waals surface area contributed by atoms with Gasteiger partial charge in [0.2, 0.25) is 0 Å². The Kier molecular flexibility index (Phi) is 7.25. The number of nitrogens with zero attached hydrogens (tertiary/aromatic N) is 2. The van der Waals surface area contributed by atoms with Gasteiger partial charge in [-0.3, -0.25) is 9.79 Å². The first kappa shape index (κ1) is 20.9. The molecule has 6 nitrogen and oxygen atoms in total. The van der Waals surface area contributed by atoms with E-state index in [1.807, 2.05) is 30.3 Å². The quantitative estimate of drug-likeness (QED) is 0.584. The topological polar surface area (TPSA) is 66.0 Å². The van der Waals surface area contributed by atoms with E-state index < -0.39 is 0 Å². The number of guanidine groups is 1. The standard InChI is InChI=1S/C23H30N4O2/c1-24-23(25-15-17-9-11-19(12-10-17)22(28)27(2)3)26-16-20-13-14-29-21(20)18-7-5-4-6-8-18/h4-12,20-21H,13-16H2,1-3H3,(H2,24,25,26). The first-order valence-corrected chi connectivity index (χ1v) is 10.00. The van der Waals surface area contributed by atoms with E-state index in [1.165, 1.54) is 5.56 Å². The number of rotatable bonds is 6. The number of hydrogen-bond donors (Lipinski definition) is 2. The van der Waals surface area contributed by atoms with E-state index in [-0.39, 0.29) is 12.0 Å². The van der Waals surface area contributed by atoms with Crippen molar-refractivity contribution in [2.75, 3.05) is 34.3 Å². The highest BCUT2D eigenvalue weighted by molar-refractivity contribution is 5.93. The predicted octanol–water partition coefficient (Wildman–Crippen LogP) is 2.83. The number of ether oxygens (including phenoxy) is 1. The minimum absolute atomic E-state index is 0.00809. The molecule has 0 bridgehead atoms. The fourth-order valence-electron chi connectivity index (χ4n) is 3.51. The van der Waals surface area contributed by atoms with Crippen molar-refractivity contribution in [2.24, 2.45) is 10.9 Å². The van der Waals surface area contributed by atoms with Crippen molar-refractivity contribution in [1.29, 1.82) is 0 Å². The van der Waals surface area contributed by atoms with Crippen molar-refractivity contribution >= 4 is 11.9 Å². The van der Waals surface area contributed by atoms with Gasteiger partial charge >= 0.3 is 0 Å². The van der Waals surface area contributed by atoms with Gasteiger partial charge in [-0.05, 0) is 29.7 Å². The fraction of sp³-hybridized carbons (Fsp3) is 0.391. The number of carbonyl (C=O) groups excluding carboxylic acids is 1. The molecule has 2 unspecified atom stereocenters. The Labute approximate surface area is 173 Å². The second-order valence-electron chi connectivity index (χ2n) is 7.45. The van der Waals surface area contributed by atoms with Crippen LogP contribution in [0.2, 0.25) is 0 Å². The zero-order chi connectivity index (χ0) is 20.6. The van der Waals surface area contributed by atoms with Crippen LogP contribution in [0.3, 0.4) is 0 Å². The molecule has 1 saturated heterocycles. The van der Waals surface area contributed by atoms with E-state index in [1.54, 1.807) is 26.0 Å². The fourth-order valence-corrected chi connectivity index (χ4v) is 3.51. The summed E-state index contributed by atoms with van der Waals surface area (Å²) in [7, 11) is 5.28. The van der Waals surface area contributed by atoms with Crippen LogP contribution in [-0.2, 0) is 11.3 Å². The summed E-state index contributed by atoms with van der Waals surface area (Å²) < 4.78 is 5.96. The molecular weight excluding hydrogens is 364 g/mol. The third kappa shape index (κ3) is 5.57. The number of carbonyl (C=O) groups is 1. The highest BCUT2D eigenvalue weighted by Gasteiger charge is 2.29. The van der Waals surface area contributed by atoms with E-state index in [4.69, 9.17) is 4.74 Å². The molecule has 1 heterocycles. The summed E-state index contributed by atoms with van der Waals surface area (Å²) >= 11 is 0. The molecule has 2 atom stereocenters. The first-order chi connectivity index (χ1) is 14.1. The molecule has 0 aliphatic carbocycles. The number of nitrogens with one attached hydrogen (secondary N) is 2. The molecule has 2 aromatic rings. The van der Waals surface area contributed by atoms with Gasteiger partial charge in [0.05, 0.1) is 6.10 Å². The lowest BCUT2D eigenvalue weighted by Gasteiger charge is -2.21. The highest BCUT2D eigenvalue weighted by Crippen LogP contribution is 2.33. The summed E-state index contributed by atoms with van der Waals surface area (Å²) in [5.74, 6) is 1.18. The molecule has 154 valence electrons. The Hall–Kier alpha value is -2.86. The number of benzene rings is 2. The van der Waals surface area contributed by atoms with Crippen molar-refractivity contribution in [1.82, 2.24) is 15.5 Å². The van der Waals surface area contributed by atoms with Crippen LogP contribution < -0.4 is 10.6 Å². The maximum atomic E-state index is 12.0. The van der Waals surface area contributed by atoms with Crippen LogP contribution in [0.15, 0.2) is 59.6 Å². The SMILES string of the molecule is CN=C(NCc1ccc(C(=O)N(C)C)cc1)NCC1CCOC1c1ccccc1. The molecule has 6 heteroatoms. The Morgan fingerprint density at radius 2 is 1.83 bits per heavy atom. The zero-order valence-corrected chi connectivity index (χ0v) is 17.4. The highest BCUT2D eigenvalue weighted by atomic mass is 16.5. The lowest BCUT2D eigenvalue weighted by Crippen LogP contribution is -2.39. The van der Waals surface area contributed by atoms with Gasteiger partial charge in [0, 0.05) is 52.3 Å². The molecule has 3 rings (SSSR count). The average Bonchev–Trinajstić information content (AvgIpc) is 3.23. The second-order valence-corrected chi connectivity index (χ2v) is 7.45. The van der Waals surface area contributed by atoms with Crippen molar-refractivity contribution < 1.29 is 9.53 Å². The molecule has 0 aromatic heterocycles. The van der Waals surface area contributed by atoms with Gasteiger partial charge in [-0.2, -0.15) is 0 Å². The Balaban J connectivity index is 1.50. The second kappa shape index (κ2) is 10.1. The molecule has 0 saturated carbocycles. The molecule has 2 N–H and O–H groups in total. The maximum absolute atomic E-state index is 12.0. The molecule has 1 amide bonds. The molecule has 1 aliphatic rings. The maximum Gasteiger partial charge on any atom is 0.253 e. The number of hydrogen-bond acceptors (Lipinski definition) is 3. The third-order valence-corrected chi connectivity index (χ3v) is 5.16. The lowest BCUT2D eigenvalue weighted by atomic mass is 9.95. The van der Waals surface area contributed by atoms with E-state index in [0.29, 0.717) is 18.0 Å². The van der Waals surface area contributed by atoms with Crippen LogP contribution in [0, 0.1) is 5.92 Å². The van der Waals surface area contributed by atoms with Gasteiger partial charge in [0.1, 0.15) is 0 Å². The van der Waals surface area contributed by atoms with E-state index in [2.05, 4.69) is 39.9 Å². The normalized spacial score (nSPS) is 19.1. The van der Waals surface area contributed by atoms with Crippen LogP contribution >= 0.6 is 0 Å². The third-order valence-electron chi connectivity index (χ3n) is 5.16. The summed E-state index contributed by atoms with van der Waals surface area (Å²) in [6.45, 7) is 2.23. The summed E-state index contributed by atoms with van der Waals surface area (Å²) in [6.07, 6.45) is 1.16. The van der Waals surface area contributed by atoms with Crippen LogP contribution in [-0.4, -0.2) is 51.1 Å². The van der Waals surface area contributed by atoms with Gasteiger partial charge < -0.3 is 20.3 Å². The van der Waals surface area contributed by atoms with Crippen molar-refractivity contribution in [3.8, 4) is 0 Å². The van der Waals surface area contributed by atoms with Crippen molar-refractivity contribution in [3.63, 3.8) is 0 Å². The molecule has 1 fully saturated rings. The number of aliphatic imine (C=N–C) groups is 1. The first-order valence-electron chi connectivity index (χ1n) is 10.00. The van der Waals surface area contributed by atoms with E-state index in [9.17, 15) is 4.79 Å². The molecule has 0 radical (unpaired) electrons. The Bertz CT molecular complexity index is 819. The van der Waals surface area contributed by atoms with Crippen LogP contribution in [0.5, 0.6) is 0 Å². The summed E-state index contributed by atoms with van der Waals surface area (Å²) in [4.78, 5) is 17.9. The summed E-state index contributed by atoms with van der Waals surface area (Å²) in [6, 6.07) is 18.0.